The van der Waals surface area contributed by atoms with Crippen LogP contribution in [-0.2, 0) is 9.84 Å². The van der Waals surface area contributed by atoms with Crippen LogP contribution in [0.2, 0.25) is 5.02 Å². The van der Waals surface area contributed by atoms with Gasteiger partial charge in [0.15, 0.2) is 26.5 Å². The number of fused-ring (bicyclic) bond motifs is 2. The molecule has 3 aliphatic heterocycles. The van der Waals surface area contributed by atoms with Gasteiger partial charge in [0, 0.05) is 21.5 Å². The quantitative estimate of drug-likeness (QED) is 0.695. The lowest BCUT2D eigenvalue weighted by molar-refractivity contribution is 0.100. The van der Waals surface area contributed by atoms with Crippen molar-refractivity contribution in [3.8, 4) is 11.5 Å². The lowest BCUT2D eigenvalue weighted by Gasteiger charge is -2.24. The van der Waals surface area contributed by atoms with E-state index in [0.29, 0.717) is 32.9 Å². The number of amides is 1. The van der Waals surface area contributed by atoms with Crippen LogP contribution in [0.1, 0.15) is 10.4 Å². The van der Waals surface area contributed by atoms with Crippen molar-refractivity contribution < 1.29 is 22.7 Å². The van der Waals surface area contributed by atoms with Gasteiger partial charge in [-0.3, -0.25) is 4.79 Å². The number of anilines is 1. The van der Waals surface area contributed by atoms with E-state index in [4.69, 9.17) is 21.1 Å². The first-order valence-electron chi connectivity index (χ1n) is 8.84. The molecule has 7 nitrogen and oxygen atoms in total. The second kappa shape index (κ2) is 6.93. The van der Waals surface area contributed by atoms with Crippen LogP contribution in [0.4, 0.5) is 5.69 Å². The Labute approximate surface area is 176 Å². The lowest BCUT2D eigenvalue weighted by Crippen LogP contribution is -2.37. The molecule has 5 rings (SSSR count). The van der Waals surface area contributed by atoms with Gasteiger partial charge in [-0.15, -0.1) is 0 Å². The van der Waals surface area contributed by atoms with E-state index in [-0.39, 0.29) is 29.6 Å². The summed E-state index contributed by atoms with van der Waals surface area (Å²) in [6.07, 6.45) is 0. The maximum atomic E-state index is 12.8. The highest BCUT2D eigenvalue weighted by atomic mass is 35.5. The summed E-state index contributed by atoms with van der Waals surface area (Å²) < 4.78 is 34.9. The average Bonchev–Trinajstić information content (AvgIpc) is 3.32. The highest BCUT2D eigenvalue weighted by Gasteiger charge is 2.49. The van der Waals surface area contributed by atoms with Crippen LogP contribution in [0, 0.1) is 0 Å². The Bertz CT molecular complexity index is 1150. The van der Waals surface area contributed by atoms with Crippen LogP contribution in [0.3, 0.4) is 0 Å². The van der Waals surface area contributed by atoms with Crippen LogP contribution in [-0.4, -0.2) is 49.1 Å². The molecule has 0 radical (unpaired) electrons. The van der Waals surface area contributed by atoms with Crippen LogP contribution >= 0.6 is 23.4 Å². The molecule has 0 spiro atoms. The van der Waals surface area contributed by atoms with Crippen molar-refractivity contribution in [1.82, 2.24) is 0 Å². The number of rotatable bonds is 2. The van der Waals surface area contributed by atoms with Gasteiger partial charge in [0.05, 0.1) is 17.5 Å². The fourth-order valence-electron chi connectivity index (χ4n) is 3.67. The van der Waals surface area contributed by atoms with Gasteiger partial charge in [-0.2, -0.15) is 4.99 Å². The molecule has 0 bridgehead atoms. The first-order chi connectivity index (χ1) is 13.9. The van der Waals surface area contributed by atoms with Crippen molar-refractivity contribution in [2.24, 2.45) is 4.99 Å². The molecule has 0 N–H and O–H groups in total. The largest absolute Gasteiger partial charge is 0.454 e. The fraction of sp³-hybridized carbons (Fsp3) is 0.263. The molecular formula is C19H15ClN2O5S2. The third-order valence-corrected chi connectivity index (χ3v) is 8.41. The third kappa shape index (κ3) is 3.47. The molecule has 0 aliphatic carbocycles. The average molecular weight is 451 g/mol. The summed E-state index contributed by atoms with van der Waals surface area (Å²) in [5.41, 5.74) is 1.09. The first-order valence-corrected chi connectivity index (χ1v) is 11.9. The standard InChI is InChI=1S/C19H15ClN2O5S2/c20-12-2-1-3-13(7-12)22-14-8-29(24,25)9-17(14)28-19(22)21-18(23)11-4-5-15-16(6-11)27-10-26-15/h1-7,14,17H,8-10H2/t14-,17+/m1/s1. The second-order valence-electron chi connectivity index (χ2n) is 6.92. The summed E-state index contributed by atoms with van der Waals surface area (Å²) in [6.45, 7) is 0.123. The summed E-state index contributed by atoms with van der Waals surface area (Å²) in [5.74, 6) is 0.751. The van der Waals surface area contributed by atoms with Gasteiger partial charge in [-0.05, 0) is 36.4 Å². The Hall–Kier alpha value is -2.23. The van der Waals surface area contributed by atoms with Crippen molar-refractivity contribution in [3.05, 3.63) is 53.1 Å². The molecule has 2 atom stereocenters. The summed E-state index contributed by atoms with van der Waals surface area (Å²) in [4.78, 5) is 19.0. The molecule has 0 saturated carbocycles. The number of nitrogens with zero attached hydrogens (tertiary/aromatic N) is 2. The maximum Gasteiger partial charge on any atom is 0.279 e. The Kier molecular flexibility index (Phi) is 4.49. The van der Waals surface area contributed by atoms with E-state index in [2.05, 4.69) is 4.99 Å². The van der Waals surface area contributed by atoms with E-state index in [1.54, 1.807) is 36.4 Å². The van der Waals surface area contributed by atoms with E-state index in [9.17, 15) is 13.2 Å². The van der Waals surface area contributed by atoms with Crippen molar-refractivity contribution in [1.29, 1.82) is 0 Å². The molecule has 150 valence electrons. The molecule has 3 aliphatic rings. The fourth-order valence-corrected chi connectivity index (χ4v) is 7.77. The molecule has 3 heterocycles. The lowest BCUT2D eigenvalue weighted by atomic mass is 10.2. The van der Waals surface area contributed by atoms with Gasteiger partial charge < -0.3 is 14.4 Å². The van der Waals surface area contributed by atoms with E-state index in [1.807, 2.05) is 11.0 Å². The number of halogens is 1. The normalized spacial score (nSPS) is 25.4. The van der Waals surface area contributed by atoms with Crippen molar-refractivity contribution >= 4 is 50.0 Å². The number of carbonyl (C=O) groups excluding carboxylic acids is 1. The molecule has 29 heavy (non-hydrogen) atoms. The topological polar surface area (TPSA) is 85.3 Å². The predicted molar refractivity (Wildman–Crippen MR) is 112 cm³/mol. The number of hydrogen-bond donors (Lipinski definition) is 0. The van der Waals surface area contributed by atoms with Crippen molar-refractivity contribution in [3.63, 3.8) is 0 Å². The van der Waals surface area contributed by atoms with E-state index in [1.165, 1.54) is 11.8 Å². The molecule has 2 fully saturated rings. The molecule has 2 aromatic carbocycles. The minimum atomic E-state index is -3.13. The predicted octanol–water partition coefficient (Wildman–Crippen LogP) is 2.98. The number of ether oxygens (including phenoxy) is 2. The number of carbonyl (C=O) groups is 1. The minimum absolute atomic E-state index is 0.0222. The summed E-state index contributed by atoms with van der Waals surface area (Å²) in [5, 5.41) is 0.820. The molecule has 2 aromatic rings. The zero-order chi connectivity index (χ0) is 20.2. The maximum absolute atomic E-state index is 12.8. The number of benzene rings is 2. The summed E-state index contributed by atoms with van der Waals surface area (Å²) >= 11 is 7.46. The number of hydrogen-bond acceptors (Lipinski definition) is 6. The minimum Gasteiger partial charge on any atom is -0.454 e. The van der Waals surface area contributed by atoms with E-state index < -0.39 is 15.7 Å². The van der Waals surface area contributed by atoms with Gasteiger partial charge in [0.1, 0.15) is 0 Å². The highest BCUT2D eigenvalue weighted by molar-refractivity contribution is 8.16. The van der Waals surface area contributed by atoms with Gasteiger partial charge in [0.2, 0.25) is 6.79 Å². The smallest absolute Gasteiger partial charge is 0.279 e. The number of sulfone groups is 1. The summed E-state index contributed by atoms with van der Waals surface area (Å²) in [6, 6.07) is 11.7. The Balaban J connectivity index is 1.51. The van der Waals surface area contributed by atoms with Crippen molar-refractivity contribution in [2.75, 3.05) is 23.2 Å². The van der Waals surface area contributed by atoms with E-state index >= 15 is 0 Å². The Morgan fingerprint density at radius 1 is 1.14 bits per heavy atom. The van der Waals surface area contributed by atoms with Crippen LogP contribution in [0.15, 0.2) is 47.5 Å². The zero-order valence-corrected chi connectivity index (χ0v) is 17.3. The molecule has 0 aromatic heterocycles. The van der Waals surface area contributed by atoms with Gasteiger partial charge >= 0.3 is 0 Å². The third-order valence-electron chi connectivity index (χ3n) is 4.97. The monoisotopic (exact) mass is 450 g/mol. The van der Waals surface area contributed by atoms with Crippen molar-refractivity contribution in [2.45, 2.75) is 11.3 Å². The Morgan fingerprint density at radius 3 is 2.79 bits per heavy atom. The molecule has 10 heteroatoms. The van der Waals surface area contributed by atoms with E-state index in [0.717, 1.165) is 0 Å². The summed E-state index contributed by atoms with van der Waals surface area (Å²) in [7, 11) is -3.13. The number of amidine groups is 1. The molecular weight excluding hydrogens is 436 g/mol. The Morgan fingerprint density at radius 2 is 1.97 bits per heavy atom. The number of aliphatic imine (C=N–C) groups is 1. The number of thioether (sulfide) groups is 1. The van der Waals surface area contributed by atoms with Gasteiger partial charge in [-0.25, -0.2) is 8.42 Å². The van der Waals surface area contributed by atoms with Crippen LogP contribution < -0.4 is 14.4 Å². The zero-order valence-electron chi connectivity index (χ0n) is 14.9. The first kappa shape index (κ1) is 18.8. The molecule has 0 unspecified atom stereocenters. The molecule has 1 amide bonds. The highest BCUT2D eigenvalue weighted by Crippen LogP contribution is 2.41. The van der Waals surface area contributed by atoms with Gasteiger partial charge in [0.25, 0.3) is 5.91 Å². The van der Waals surface area contributed by atoms with Crippen LogP contribution in [0.25, 0.3) is 0 Å². The van der Waals surface area contributed by atoms with Gasteiger partial charge in [-0.1, -0.05) is 29.4 Å². The molecule has 2 saturated heterocycles. The SMILES string of the molecule is O=C(N=C1S[C@H]2CS(=O)(=O)C[C@H]2N1c1cccc(Cl)c1)c1ccc2c(c1)OCO2. The van der Waals surface area contributed by atoms with Crippen LogP contribution in [0.5, 0.6) is 11.5 Å². The second-order valence-corrected chi connectivity index (χ2v) is 10.7.